The summed E-state index contributed by atoms with van der Waals surface area (Å²) in [6, 6.07) is 1.74. The van der Waals surface area contributed by atoms with Crippen molar-refractivity contribution in [3.05, 3.63) is 35.0 Å². The summed E-state index contributed by atoms with van der Waals surface area (Å²) in [6.07, 6.45) is 6.05. The summed E-state index contributed by atoms with van der Waals surface area (Å²) >= 11 is 5.99. The van der Waals surface area contributed by atoms with Gasteiger partial charge >= 0.3 is 0 Å². The number of nitrogens with zero attached hydrogens (tertiary/aromatic N) is 4. The smallest absolute Gasteiger partial charge is 0.158 e. The van der Waals surface area contributed by atoms with Crippen LogP contribution in [0.15, 0.2) is 18.5 Å². The lowest BCUT2D eigenvalue weighted by Gasteiger charge is -2.03. The highest BCUT2D eigenvalue weighted by atomic mass is 35.5. The minimum atomic E-state index is 0.486. The molecule has 0 N–H and O–H groups in total. The predicted molar refractivity (Wildman–Crippen MR) is 60.9 cm³/mol. The molecule has 0 aliphatic heterocycles. The van der Waals surface area contributed by atoms with Gasteiger partial charge in [-0.3, -0.25) is 0 Å². The summed E-state index contributed by atoms with van der Waals surface area (Å²) in [5.74, 6) is 2.08. The van der Waals surface area contributed by atoms with Gasteiger partial charge in [0.25, 0.3) is 0 Å². The summed E-state index contributed by atoms with van der Waals surface area (Å²) in [7, 11) is 0. The van der Waals surface area contributed by atoms with E-state index in [4.69, 9.17) is 11.6 Å². The van der Waals surface area contributed by atoms with Crippen molar-refractivity contribution in [2.45, 2.75) is 25.7 Å². The molecule has 0 unspecified atom stereocenters. The maximum absolute atomic E-state index is 5.99. The molecule has 0 bridgehead atoms. The number of aromatic nitrogens is 4. The Morgan fingerprint density at radius 1 is 1.38 bits per heavy atom. The van der Waals surface area contributed by atoms with Crippen LogP contribution in [0.1, 0.15) is 30.1 Å². The molecule has 5 heteroatoms. The first-order valence-corrected chi connectivity index (χ1v) is 5.66. The molecule has 0 saturated heterocycles. The number of hydrogen-bond donors (Lipinski definition) is 0. The predicted octanol–water partition coefficient (Wildman–Crippen LogP) is 2.50. The minimum absolute atomic E-state index is 0.486. The van der Waals surface area contributed by atoms with E-state index in [1.54, 1.807) is 16.9 Å². The fourth-order valence-corrected chi connectivity index (χ4v) is 1.79. The van der Waals surface area contributed by atoms with E-state index in [0.717, 1.165) is 30.0 Å². The van der Waals surface area contributed by atoms with Gasteiger partial charge in [-0.15, -0.1) is 0 Å². The fraction of sp³-hybridized carbons (Fsp3) is 0.364. The molecule has 1 aliphatic carbocycles. The molecule has 1 saturated carbocycles. The normalized spacial score (nSPS) is 15.4. The second-order valence-electron chi connectivity index (χ2n) is 4.14. The third-order valence-electron chi connectivity index (χ3n) is 2.59. The zero-order chi connectivity index (χ0) is 11.1. The van der Waals surface area contributed by atoms with E-state index >= 15 is 0 Å². The third-order valence-corrected chi connectivity index (χ3v) is 2.78. The number of rotatable bonds is 2. The highest BCUT2D eigenvalue weighted by Crippen LogP contribution is 2.38. The molecular weight excluding hydrogens is 224 g/mol. The van der Waals surface area contributed by atoms with Crippen molar-refractivity contribution in [3.63, 3.8) is 0 Å². The van der Waals surface area contributed by atoms with E-state index in [-0.39, 0.29) is 0 Å². The van der Waals surface area contributed by atoms with E-state index in [0.29, 0.717) is 11.1 Å². The van der Waals surface area contributed by atoms with Crippen LogP contribution in [0.3, 0.4) is 0 Å². The Morgan fingerprint density at radius 3 is 2.81 bits per heavy atom. The number of aryl methyl sites for hydroxylation is 1. The Bertz CT molecular complexity index is 531. The second kappa shape index (κ2) is 3.56. The molecule has 2 heterocycles. The number of hydrogen-bond acceptors (Lipinski definition) is 3. The maximum atomic E-state index is 5.99. The summed E-state index contributed by atoms with van der Waals surface area (Å²) in [4.78, 5) is 8.73. The third kappa shape index (κ3) is 1.80. The Labute approximate surface area is 98.3 Å². The van der Waals surface area contributed by atoms with E-state index in [9.17, 15) is 0 Å². The molecule has 2 aromatic rings. The van der Waals surface area contributed by atoms with Crippen molar-refractivity contribution in [2.75, 3.05) is 0 Å². The summed E-state index contributed by atoms with van der Waals surface area (Å²) in [5, 5.41) is 4.70. The SMILES string of the molecule is Cc1cnn(-c2cc(Cl)nc(C3CC3)n2)c1. The van der Waals surface area contributed by atoms with Crippen molar-refractivity contribution < 1.29 is 0 Å². The maximum Gasteiger partial charge on any atom is 0.158 e. The summed E-state index contributed by atoms with van der Waals surface area (Å²) < 4.78 is 1.73. The van der Waals surface area contributed by atoms with Gasteiger partial charge in [0.1, 0.15) is 11.0 Å². The van der Waals surface area contributed by atoms with E-state index in [1.165, 1.54) is 0 Å². The first kappa shape index (κ1) is 9.78. The van der Waals surface area contributed by atoms with Gasteiger partial charge in [0.05, 0.1) is 6.20 Å². The monoisotopic (exact) mass is 234 g/mol. The van der Waals surface area contributed by atoms with Crippen molar-refractivity contribution in [1.29, 1.82) is 0 Å². The van der Waals surface area contributed by atoms with Crippen molar-refractivity contribution in [1.82, 2.24) is 19.7 Å². The molecule has 0 spiro atoms. The molecule has 3 rings (SSSR count). The van der Waals surface area contributed by atoms with E-state index in [1.807, 2.05) is 13.1 Å². The zero-order valence-corrected chi connectivity index (χ0v) is 9.65. The fourth-order valence-electron chi connectivity index (χ4n) is 1.60. The molecule has 1 aliphatic rings. The van der Waals surface area contributed by atoms with Crippen molar-refractivity contribution in [2.24, 2.45) is 0 Å². The lowest BCUT2D eigenvalue weighted by Crippen LogP contribution is -2.02. The van der Waals surface area contributed by atoms with Crippen LogP contribution in [0.5, 0.6) is 0 Å². The quantitative estimate of drug-likeness (QED) is 0.750. The lowest BCUT2D eigenvalue weighted by molar-refractivity contribution is 0.809. The molecule has 82 valence electrons. The highest BCUT2D eigenvalue weighted by Gasteiger charge is 2.27. The molecule has 0 radical (unpaired) electrons. The Kier molecular flexibility index (Phi) is 2.17. The molecule has 0 atom stereocenters. The van der Waals surface area contributed by atoms with Gasteiger partial charge in [-0.05, 0) is 25.3 Å². The van der Waals surface area contributed by atoms with Gasteiger partial charge in [0, 0.05) is 18.2 Å². The summed E-state index contributed by atoms with van der Waals surface area (Å²) in [6.45, 7) is 1.99. The second-order valence-corrected chi connectivity index (χ2v) is 4.53. The van der Waals surface area contributed by atoms with Crippen molar-refractivity contribution in [3.8, 4) is 5.82 Å². The van der Waals surface area contributed by atoms with Gasteiger partial charge in [-0.2, -0.15) is 5.10 Å². The molecule has 4 nitrogen and oxygen atoms in total. The van der Waals surface area contributed by atoms with Crippen LogP contribution in [0.25, 0.3) is 5.82 Å². The molecule has 0 aromatic carbocycles. The largest absolute Gasteiger partial charge is 0.222 e. The molecule has 0 amide bonds. The summed E-state index contributed by atoms with van der Waals surface area (Å²) in [5.41, 5.74) is 1.10. The van der Waals surface area contributed by atoms with E-state index < -0.39 is 0 Å². The Morgan fingerprint density at radius 2 is 2.19 bits per heavy atom. The Balaban J connectivity index is 2.06. The van der Waals surface area contributed by atoms with Crippen LogP contribution in [-0.4, -0.2) is 19.7 Å². The average molecular weight is 235 g/mol. The Hall–Kier alpha value is -1.42. The van der Waals surface area contributed by atoms with Crippen LogP contribution in [0.2, 0.25) is 5.15 Å². The molecule has 2 aromatic heterocycles. The minimum Gasteiger partial charge on any atom is -0.222 e. The van der Waals surface area contributed by atoms with Crippen LogP contribution < -0.4 is 0 Å². The van der Waals surface area contributed by atoms with Crippen LogP contribution in [0.4, 0.5) is 0 Å². The first-order valence-electron chi connectivity index (χ1n) is 5.28. The molecule has 1 fully saturated rings. The molecule has 16 heavy (non-hydrogen) atoms. The lowest BCUT2D eigenvalue weighted by atomic mass is 10.4. The molecular formula is C11H11ClN4. The van der Waals surface area contributed by atoms with Gasteiger partial charge in [-0.1, -0.05) is 11.6 Å². The van der Waals surface area contributed by atoms with Gasteiger partial charge in [0.2, 0.25) is 0 Å². The highest BCUT2D eigenvalue weighted by molar-refractivity contribution is 6.29. The number of halogens is 1. The first-order chi connectivity index (χ1) is 7.72. The standard InChI is InChI=1S/C11H11ClN4/c1-7-5-13-16(6-7)10-4-9(12)14-11(15-10)8-2-3-8/h4-6,8H,2-3H2,1H3. The van der Waals surface area contributed by atoms with Gasteiger partial charge in [-0.25, -0.2) is 14.6 Å². The van der Waals surface area contributed by atoms with Gasteiger partial charge < -0.3 is 0 Å². The van der Waals surface area contributed by atoms with Crippen LogP contribution in [0, 0.1) is 6.92 Å². The zero-order valence-electron chi connectivity index (χ0n) is 8.89. The van der Waals surface area contributed by atoms with Crippen LogP contribution in [-0.2, 0) is 0 Å². The topological polar surface area (TPSA) is 43.6 Å². The average Bonchev–Trinajstić information content (AvgIpc) is 3.01. The van der Waals surface area contributed by atoms with E-state index in [2.05, 4.69) is 15.1 Å². The van der Waals surface area contributed by atoms with Crippen LogP contribution >= 0.6 is 11.6 Å². The van der Waals surface area contributed by atoms with Gasteiger partial charge in [0.15, 0.2) is 5.82 Å². The van der Waals surface area contributed by atoms with Crippen molar-refractivity contribution >= 4 is 11.6 Å².